The Labute approximate surface area is 175 Å². The first kappa shape index (κ1) is 23.7. The lowest BCUT2D eigenvalue weighted by Crippen LogP contribution is -2.28. The largest absolute Gasteiger partial charge is 0.416 e. The Balaban J connectivity index is 2.13. The molecule has 0 heterocycles. The van der Waals surface area contributed by atoms with Crippen molar-refractivity contribution in [3.63, 3.8) is 0 Å². The number of carbonyl (C=O) groups is 1. The van der Waals surface area contributed by atoms with Crippen molar-refractivity contribution in [2.24, 2.45) is 0 Å². The highest BCUT2D eigenvalue weighted by molar-refractivity contribution is 7.85. The molecular formula is C20H23F4N3O2S. The number of hydrogen-bond acceptors (Lipinski definition) is 3. The second kappa shape index (κ2) is 9.46. The van der Waals surface area contributed by atoms with Crippen LogP contribution in [0.1, 0.15) is 29.5 Å². The van der Waals surface area contributed by atoms with Gasteiger partial charge in [-0.15, -0.1) is 0 Å². The van der Waals surface area contributed by atoms with Crippen molar-refractivity contribution in [2.75, 3.05) is 30.0 Å². The third-order valence-electron chi connectivity index (χ3n) is 4.49. The van der Waals surface area contributed by atoms with E-state index in [0.29, 0.717) is 16.8 Å². The summed E-state index contributed by atoms with van der Waals surface area (Å²) in [5.74, 6) is -1.74. The second-order valence-corrected chi connectivity index (χ2v) is 8.08. The molecule has 10 heteroatoms. The lowest BCUT2D eigenvalue weighted by molar-refractivity contribution is -0.137. The van der Waals surface area contributed by atoms with Crippen molar-refractivity contribution in [2.45, 2.75) is 25.6 Å². The minimum atomic E-state index is -4.46. The topological polar surface area (TPSA) is 61.4 Å². The van der Waals surface area contributed by atoms with Crippen LogP contribution in [0.15, 0.2) is 36.4 Å². The molecule has 0 aliphatic carbocycles. The molecular weight excluding hydrogens is 422 g/mol. The monoisotopic (exact) mass is 445 g/mol. The molecule has 0 saturated carbocycles. The summed E-state index contributed by atoms with van der Waals surface area (Å²) in [6, 6.07) is 7.46. The maximum absolute atomic E-state index is 14.1. The third kappa shape index (κ3) is 5.94. The van der Waals surface area contributed by atoms with Crippen molar-refractivity contribution in [3.8, 4) is 0 Å². The molecule has 0 aromatic heterocycles. The molecule has 0 saturated heterocycles. The van der Waals surface area contributed by atoms with Gasteiger partial charge in [0.15, 0.2) is 0 Å². The van der Waals surface area contributed by atoms with E-state index in [2.05, 4.69) is 10.0 Å². The molecule has 2 unspecified atom stereocenters. The van der Waals surface area contributed by atoms with Gasteiger partial charge in [0.1, 0.15) is 16.8 Å². The number of nitrogens with zero attached hydrogens (tertiary/aromatic N) is 1. The Morgan fingerprint density at radius 3 is 2.37 bits per heavy atom. The lowest BCUT2D eigenvalue weighted by Gasteiger charge is -2.21. The minimum Gasteiger partial charge on any atom is -0.377 e. The maximum Gasteiger partial charge on any atom is 0.416 e. The summed E-state index contributed by atoms with van der Waals surface area (Å²) in [6.45, 7) is 1.61. The number of carbonyl (C=O) groups excluding carboxylic acids is 1. The van der Waals surface area contributed by atoms with Gasteiger partial charge in [0.2, 0.25) is 5.91 Å². The Morgan fingerprint density at radius 2 is 1.83 bits per heavy atom. The van der Waals surface area contributed by atoms with Gasteiger partial charge in [-0.05, 0) is 42.3 Å². The van der Waals surface area contributed by atoms with E-state index < -0.39 is 40.4 Å². The molecule has 0 aliphatic rings. The summed E-state index contributed by atoms with van der Waals surface area (Å²) in [5.41, 5.74) is 0.564. The van der Waals surface area contributed by atoms with Crippen LogP contribution in [0.3, 0.4) is 0 Å². The van der Waals surface area contributed by atoms with E-state index >= 15 is 0 Å². The summed E-state index contributed by atoms with van der Waals surface area (Å²) in [6.07, 6.45) is -3.09. The van der Waals surface area contributed by atoms with Crippen LogP contribution in [0, 0.1) is 5.82 Å². The summed E-state index contributed by atoms with van der Waals surface area (Å²) < 4.78 is 66.6. The number of rotatable bonds is 7. The number of anilines is 2. The smallest absolute Gasteiger partial charge is 0.377 e. The molecule has 2 N–H and O–H groups in total. The first-order valence-corrected chi connectivity index (χ1v) is 10.5. The van der Waals surface area contributed by atoms with E-state index in [0.717, 1.165) is 12.1 Å². The average molecular weight is 445 g/mol. The van der Waals surface area contributed by atoms with Crippen LogP contribution < -0.4 is 14.9 Å². The van der Waals surface area contributed by atoms with Gasteiger partial charge in [-0.25, -0.2) is 8.60 Å². The van der Waals surface area contributed by atoms with Gasteiger partial charge in [-0.2, -0.15) is 13.2 Å². The molecule has 2 aromatic carbocycles. The van der Waals surface area contributed by atoms with Crippen molar-refractivity contribution >= 4 is 28.3 Å². The number of benzene rings is 2. The standard InChI is InChI=1S/C20H23F4N3O2S/c1-12(13-6-8-17(16(21)9-13)26-30(4)29)19(28)25-11-14-5-7-15(20(22,23)24)10-18(14)27(2)3/h5-10,12,26H,11H2,1-4H3,(H,25,28). The Bertz CT molecular complexity index is 948. The fraction of sp³-hybridized carbons (Fsp3) is 0.350. The van der Waals surface area contributed by atoms with Crippen LogP contribution in [0.4, 0.5) is 28.9 Å². The van der Waals surface area contributed by atoms with Crippen LogP contribution in [0.25, 0.3) is 0 Å². The van der Waals surface area contributed by atoms with Crippen LogP contribution in [0.5, 0.6) is 0 Å². The van der Waals surface area contributed by atoms with Gasteiger partial charge in [-0.1, -0.05) is 12.1 Å². The fourth-order valence-electron chi connectivity index (χ4n) is 2.83. The molecule has 164 valence electrons. The van der Waals surface area contributed by atoms with E-state index in [-0.39, 0.29) is 12.2 Å². The molecule has 0 radical (unpaired) electrons. The summed E-state index contributed by atoms with van der Waals surface area (Å²) in [5, 5.41) is 2.68. The number of amides is 1. The quantitative estimate of drug-likeness (QED) is 0.633. The van der Waals surface area contributed by atoms with Crippen LogP contribution >= 0.6 is 0 Å². The van der Waals surface area contributed by atoms with Crippen molar-refractivity contribution < 1.29 is 26.6 Å². The predicted octanol–water partition coefficient (Wildman–Crippen LogP) is 4.04. The van der Waals surface area contributed by atoms with Crippen molar-refractivity contribution in [1.29, 1.82) is 0 Å². The molecule has 2 aromatic rings. The zero-order chi connectivity index (χ0) is 22.6. The normalized spacial score (nSPS) is 13.5. The SMILES string of the molecule is CC(C(=O)NCc1ccc(C(F)(F)F)cc1N(C)C)c1ccc(NS(C)=O)c(F)c1. The maximum atomic E-state index is 14.1. The van der Waals surface area contributed by atoms with Crippen LogP contribution in [-0.4, -0.2) is 30.5 Å². The highest BCUT2D eigenvalue weighted by Crippen LogP contribution is 2.33. The van der Waals surface area contributed by atoms with E-state index in [1.807, 2.05) is 0 Å². The van der Waals surface area contributed by atoms with E-state index in [4.69, 9.17) is 0 Å². The number of nitrogens with one attached hydrogen (secondary N) is 2. The summed E-state index contributed by atoms with van der Waals surface area (Å²) in [4.78, 5) is 14.0. The van der Waals surface area contributed by atoms with Gasteiger partial charge in [0, 0.05) is 32.6 Å². The lowest BCUT2D eigenvalue weighted by atomic mass is 9.99. The average Bonchev–Trinajstić information content (AvgIpc) is 2.65. The number of halogens is 4. The molecule has 0 spiro atoms. The van der Waals surface area contributed by atoms with Crippen molar-refractivity contribution in [3.05, 3.63) is 58.9 Å². The second-order valence-electron chi connectivity index (χ2n) is 6.97. The van der Waals surface area contributed by atoms with Gasteiger partial charge >= 0.3 is 6.18 Å². The first-order valence-electron chi connectivity index (χ1n) is 8.95. The van der Waals surface area contributed by atoms with Gasteiger partial charge in [0.25, 0.3) is 0 Å². The minimum absolute atomic E-state index is 0.0196. The Morgan fingerprint density at radius 1 is 1.17 bits per heavy atom. The van der Waals surface area contributed by atoms with E-state index in [9.17, 15) is 26.6 Å². The van der Waals surface area contributed by atoms with Gasteiger partial charge in [-0.3, -0.25) is 4.79 Å². The molecule has 2 atom stereocenters. The highest BCUT2D eigenvalue weighted by Gasteiger charge is 2.31. The number of hydrogen-bond donors (Lipinski definition) is 2. The fourth-order valence-corrected chi connectivity index (χ4v) is 3.31. The first-order chi connectivity index (χ1) is 13.9. The van der Waals surface area contributed by atoms with Gasteiger partial charge < -0.3 is 14.9 Å². The summed E-state index contributed by atoms with van der Waals surface area (Å²) in [7, 11) is 1.80. The molecule has 5 nitrogen and oxygen atoms in total. The van der Waals surface area contributed by atoms with Crippen molar-refractivity contribution in [1.82, 2.24) is 5.32 Å². The molecule has 0 bridgehead atoms. The van der Waals surface area contributed by atoms with Crippen LogP contribution in [-0.2, 0) is 28.5 Å². The summed E-state index contributed by atoms with van der Waals surface area (Å²) >= 11 is 0. The molecule has 2 rings (SSSR count). The van der Waals surface area contributed by atoms with Crippen LogP contribution in [0.2, 0.25) is 0 Å². The molecule has 0 fully saturated rings. The van der Waals surface area contributed by atoms with E-state index in [1.54, 1.807) is 32.0 Å². The van der Waals surface area contributed by atoms with E-state index in [1.165, 1.54) is 24.5 Å². The molecule has 1 amide bonds. The Kier molecular flexibility index (Phi) is 7.46. The molecule has 0 aliphatic heterocycles. The zero-order valence-electron chi connectivity index (χ0n) is 16.9. The molecule has 30 heavy (non-hydrogen) atoms. The highest BCUT2D eigenvalue weighted by atomic mass is 32.2. The number of alkyl halides is 3. The Hall–Kier alpha value is -2.62. The zero-order valence-corrected chi connectivity index (χ0v) is 17.7. The van der Waals surface area contributed by atoms with Gasteiger partial charge in [0.05, 0.1) is 17.2 Å². The third-order valence-corrected chi connectivity index (χ3v) is 4.99. The predicted molar refractivity (Wildman–Crippen MR) is 110 cm³/mol.